The maximum Gasteiger partial charge on any atom is 0.262 e. The average molecular weight is 455 g/mol. The molecule has 1 amide bonds. The van der Waals surface area contributed by atoms with E-state index in [0.29, 0.717) is 18.0 Å². The van der Waals surface area contributed by atoms with Gasteiger partial charge in [0.2, 0.25) is 0 Å². The van der Waals surface area contributed by atoms with Gasteiger partial charge in [0.15, 0.2) is 18.1 Å². The highest BCUT2D eigenvalue weighted by Crippen LogP contribution is 2.28. The number of aryl methyl sites for hydroxylation is 1. The summed E-state index contributed by atoms with van der Waals surface area (Å²) < 4.78 is 12.1. The van der Waals surface area contributed by atoms with Crippen LogP contribution in [0.25, 0.3) is 0 Å². The minimum Gasteiger partial charge on any atom is -0.493 e. The molecule has 0 saturated carbocycles. The predicted octanol–water partition coefficient (Wildman–Crippen LogP) is 5.40. The minimum atomic E-state index is -0.223. The monoisotopic (exact) mass is 454 g/mol. The quantitative estimate of drug-likeness (QED) is 0.478. The van der Waals surface area contributed by atoms with E-state index in [4.69, 9.17) is 9.47 Å². The largest absolute Gasteiger partial charge is 0.493 e. The second kappa shape index (κ2) is 9.98. The van der Waals surface area contributed by atoms with Crippen LogP contribution < -0.4 is 20.1 Å². The molecule has 0 aliphatic rings. The normalized spacial score (nSPS) is 10.3. The SMILES string of the molecule is COc1cc(CNc2ccc(Br)cc2)ccc1OCC(=O)Nc1cccc(C)c1. The zero-order chi connectivity index (χ0) is 20.6. The van der Waals surface area contributed by atoms with Crippen molar-refractivity contribution >= 4 is 33.2 Å². The Balaban J connectivity index is 1.56. The number of rotatable bonds is 8. The van der Waals surface area contributed by atoms with Gasteiger partial charge in [-0.05, 0) is 66.6 Å². The molecular formula is C23H23BrN2O3. The molecule has 0 aliphatic heterocycles. The van der Waals surface area contributed by atoms with Crippen LogP contribution in [-0.4, -0.2) is 19.6 Å². The maximum atomic E-state index is 12.2. The van der Waals surface area contributed by atoms with Crippen molar-refractivity contribution in [3.63, 3.8) is 0 Å². The summed E-state index contributed by atoms with van der Waals surface area (Å²) in [4.78, 5) is 12.2. The first kappa shape index (κ1) is 20.7. The summed E-state index contributed by atoms with van der Waals surface area (Å²) in [6, 6.07) is 21.3. The van der Waals surface area contributed by atoms with Gasteiger partial charge in [-0.25, -0.2) is 0 Å². The lowest BCUT2D eigenvalue weighted by Crippen LogP contribution is -2.20. The van der Waals surface area contributed by atoms with Gasteiger partial charge in [-0.1, -0.05) is 34.1 Å². The van der Waals surface area contributed by atoms with Crippen LogP contribution in [0.4, 0.5) is 11.4 Å². The van der Waals surface area contributed by atoms with Gasteiger partial charge in [-0.3, -0.25) is 4.79 Å². The number of benzene rings is 3. The van der Waals surface area contributed by atoms with Gasteiger partial charge < -0.3 is 20.1 Å². The summed E-state index contributed by atoms with van der Waals surface area (Å²) in [5.41, 5.74) is 3.90. The van der Waals surface area contributed by atoms with Gasteiger partial charge in [0.25, 0.3) is 5.91 Å². The standard InChI is InChI=1S/C23H23BrN2O3/c1-16-4-3-5-20(12-16)26-23(27)15-29-21-11-6-17(13-22(21)28-2)14-25-19-9-7-18(24)8-10-19/h3-13,25H,14-15H2,1-2H3,(H,26,27). The number of amides is 1. The Morgan fingerprint density at radius 2 is 1.76 bits per heavy atom. The molecule has 0 unspecified atom stereocenters. The highest BCUT2D eigenvalue weighted by molar-refractivity contribution is 9.10. The molecule has 0 heterocycles. The number of anilines is 2. The molecule has 0 radical (unpaired) electrons. The van der Waals surface area contributed by atoms with E-state index < -0.39 is 0 Å². The van der Waals surface area contributed by atoms with E-state index in [1.807, 2.05) is 73.7 Å². The fraction of sp³-hybridized carbons (Fsp3) is 0.174. The summed E-state index contributed by atoms with van der Waals surface area (Å²) >= 11 is 3.43. The topological polar surface area (TPSA) is 59.6 Å². The molecule has 29 heavy (non-hydrogen) atoms. The van der Waals surface area contributed by atoms with Gasteiger partial charge in [0.05, 0.1) is 7.11 Å². The highest BCUT2D eigenvalue weighted by Gasteiger charge is 2.09. The van der Waals surface area contributed by atoms with E-state index >= 15 is 0 Å². The van der Waals surface area contributed by atoms with E-state index in [1.165, 1.54) is 0 Å². The van der Waals surface area contributed by atoms with Gasteiger partial charge >= 0.3 is 0 Å². The van der Waals surface area contributed by atoms with Crippen molar-refractivity contribution in [1.29, 1.82) is 0 Å². The van der Waals surface area contributed by atoms with Crippen LogP contribution in [0.15, 0.2) is 71.2 Å². The zero-order valence-electron chi connectivity index (χ0n) is 16.4. The first-order chi connectivity index (χ1) is 14.0. The summed E-state index contributed by atoms with van der Waals surface area (Å²) in [7, 11) is 1.58. The number of carbonyl (C=O) groups excluding carboxylic acids is 1. The van der Waals surface area contributed by atoms with Crippen LogP contribution in [0.1, 0.15) is 11.1 Å². The molecule has 0 saturated heterocycles. The lowest BCUT2D eigenvalue weighted by atomic mass is 10.2. The Hall–Kier alpha value is -2.99. The van der Waals surface area contributed by atoms with Gasteiger partial charge in [0.1, 0.15) is 0 Å². The van der Waals surface area contributed by atoms with Crippen LogP contribution in [-0.2, 0) is 11.3 Å². The molecule has 0 fully saturated rings. The number of hydrogen-bond acceptors (Lipinski definition) is 4. The van der Waals surface area contributed by atoms with Crippen molar-refractivity contribution in [3.8, 4) is 11.5 Å². The number of methoxy groups -OCH3 is 1. The molecule has 3 aromatic carbocycles. The number of halogens is 1. The molecule has 2 N–H and O–H groups in total. The Bertz CT molecular complexity index is 974. The third-order valence-corrected chi connectivity index (χ3v) is 4.76. The molecule has 0 aliphatic carbocycles. The van der Waals surface area contributed by atoms with Crippen molar-refractivity contribution < 1.29 is 14.3 Å². The van der Waals surface area contributed by atoms with Gasteiger partial charge in [-0.2, -0.15) is 0 Å². The van der Waals surface area contributed by atoms with Crippen molar-refractivity contribution in [1.82, 2.24) is 0 Å². The smallest absolute Gasteiger partial charge is 0.262 e. The van der Waals surface area contributed by atoms with E-state index in [1.54, 1.807) is 7.11 Å². The minimum absolute atomic E-state index is 0.0964. The average Bonchev–Trinajstić information content (AvgIpc) is 2.72. The lowest BCUT2D eigenvalue weighted by Gasteiger charge is -2.13. The zero-order valence-corrected chi connectivity index (χ0v) is 18.0. The second-order valence-electron chi connectivity index (χ2n) is 6.55. The molecule has 0 bridgehead atoms. The van der Waals surface area contributed by atoms with Crippen LogP contribution in [0.5, 0.6) is 11.5 Å². The molecule has 3 aromatic rings. The third kappa shape index (κ3) is 6.26. The van der Waals surface area contributed by atoms with Crippen LogP contribution >= 0.6 is 15.9 Å². The number of ether oxygens (including phenoxy) is 2. The van der Waals surface area contributed by atoms with Gasteiger partial charge in [0, 0.05) is 22.4 Å². The summed E-state index contributed by atoms with van der Waals surface area (Å²) in [6.07, 6.45) is 0. The van der Waals surface area contributed by atoms with Crippen molar-refractivity contribution in [2.24, 2.45) is 0 Å². The fourth-order valence-electron chi connectivity index (χ4n) is 2.78. The van der Waals surface area contributed by atoms with Crippen molar-refractivity contribution in [2.75, 3.05) is 24.4 Å². The third-order valence-electron chi connectivity index (χ3n) is 4.23. The van der Waals surface area contributed by atoms with Crippen molar-refractivity contribution in [2.45, 2.75) is 13.5 Å². The van der Waals surface area contributed by atoms with E-state index in [2.05, 4.69) is 26.6 Å². The first-order valence-electron chi connectivity index (χ1n) is 9.19. The van der Waals surface area contributed by atoms with Crippen LogP contribution in [0.3, 0.4) is 0 Å². The van der Waals surface area contributed by atoms with E-state index in [9.17, 15) is 4.79 Å². The van der Waals surface area contributed by atoms with E-state index in [-0.39, 0.29) is 12.5 Å². The maximum absolute atomic E-state index is 12.2. The molecule has 6 heteroatoms. The number of nitrogens with one attached hydrogen (secondary N) is 2. The molecule has 150 valence electrons. The highest BCUT2D eigenvalue weighted by atomic mass is 79.9. The first-order valence-corrected chi connectivity index (χ1v) is 9.98. The molecule has 0 spiro atoms. The summed E-state index contributed by atoms with van der Waals surface area (Å²) in [5, 5.41) is 6.19. The Morgan fingerprint density at radius 1 is 0.966 bits per heavy atom. The molecule has 3 rings (SSSR count). The summed E-state index contributed by atoms with van der Waals surface area (Å²) in [6.45, 7) is 2.52. The molecular weight excluding hydrogens is 432 g/mol. The Kier molecular flexibility index (Phi) is 7.14. The van der Waals surface area contributed by atoms with E-state index in [0.717, 1.165) is 27.0 Å². The molecule has 0 atom stereocenters. The number of hydrogen-bond donors (Lipinski definition) is 2. The predicted molar refractivity (Wildman–Crippen MR) is 120 cm³/mol. The molecule has 5 nitrogen and oxygen atoms in total. The van der Waals surface area contributed by atoms with Crippen LogP contribution in [0.2, 0.25) is 0 Å². The number of carbonyl (C=O) groups is 1. The summed E-state index contributed by atoms with van der Waals surface area (Å²) in [5.74, 6) is 0.890. The second-order valence-corrected chi connectivity index (χ2v) is 7.47. The Labute approximate surface area is 179 Å². The molecule has 0 aromatic heterocycles. The van der Waals surface area contributed by atoms with Crippen LogP contribution in [0, 0.1) is 6.92 Å². The fourth-order valence-corrected chi connectivity index (χ4v) is 3.04. The van der Waals surface area contributed by atoms with Crippen molar-refractivity contribution in [3.05, 3.63) is 82.3 Å². The Morgan fingerprint density at radius 3 is 2.48 bits per heavy atom. The lowest BCUT2D eigenvalue weighted by molar-refractivity contribution is -0.118. The van der Waals surface area contributed by atoms with Gasteiger partial charge in [-0.15, -0.1) is 0 Å².